The van der Waals surface area contributed by atoms with Crippen molar-refractivity contribution in [3.05, 3.63) is 59.6 Å². The van der Waals surface area contributed by atoms with Crippen molar-refractivity contribution in [1.29, 1.82) is 0 Å². The molecule has 134 valence electrons. The van der Waals surface area contributed by atoms with E-state index in [1.54, 1.807) is 11.3 Å². The Morgan fingerprint density at radius 3 is 2.89 bits per heavy atom. The monoisotopic (exact) mass is 373 g/mol. The molecule has 1 fully saturated rings. The second-order valence-corrected chi connectivity index (χ2v) is 8.22. The maximum Gasteiger partial charge on any atom is 0.227 e. The maximum atomic E-state index is 12.0. The molecule has 2 aromatic heterocycles. The third-order valence-corrected chi connectivity index (χ3v) is 5.99. The number of aromatic nitrogens is 2. The van der Waals surface area contributed by atoms with Crippen LogP contribution in [0.15, 0.2) is 54.7 Å². The largest absolute Gasteiger partial charge is 0.360 e. The van der Waals surface area contributed by atoms with Crippen LogP contribution in [0.4, 0.5) is 5.69 Å². The van der Waals surface area contributed by atoms with Crippen molar-refractivity contribution < 1.29 is 4.79 Å². The van der Waals surface area contributed by atoms with E-state index < -0.39 is 0 Å². The Balaban J connectivity index is 1.50. The average Bonchev–Trinajstić information content (AvgIpc) is 3.35. The lowest BCUT2D eigenvalue weighted by atomic mass is 10.1. The van der Waals surface area contributed by atoms with Crippen LogP contribution in [0.5, 0.6) is 0 Å². The van der Waals surface area contributed by atoms with Crippen molar-refractivity contribution in [1.82, 2.24) is 9.97 Å². The normalized spacial score (nSPS) is 13.8. The molecule has 0 unspecified atom stereocenters. The minimum atomic E-state index is 0.127. The molecule has 5 heteroatoms. The number of aromatic amines is 1. The molecule has 0 bridgehead atoms. The van der Waals surface area contributed by atoms with Gasteiger partial charge in [-0.3, -0.25) is 4.79 Å². The summed E-state index contributed by atoms with van der Waals surface area (Å²) in [6.07, 6.45) is 4.04. The number of rotatable bonds is 4. The Morgan fingerprint density at radius 2 is 2.04 bits per heavy atom. The second-order valence-electron chi connectivity index (χ2n) is 7.02. The Morgan fingerprint density at radius 1 is 1.19 bits per heavy atom. The molecule has 5 rings (SSSR count). The summed E-state index contributed by atoms with van der Waals surface area (Å²) in [5.41, 5.74) is 5.13. The highest BCUT2D eigenvalue weighted by Gasteiger charge is 2.29. The number of carbonyl (C=O) groups excluding carboxylic acids is 1. The van der Waals surface area contributed by atoms with Gasteiger partial charge in [-0.25, -0.2) is 4.98 Å². The maximum absolute atomic E-state index is 12.0. The highest BCUT2D eigenvalue weighted by Crippen LogP contribution is 2.37. The van der Waals surface area contributed by atoms with Gasteiger partial charge < -0.3 is 10.3 Å². The van der Waals surface area contributed by atoms with E-state index >= 15 is 0 Å². The number of para-hydroxylation sites is 1. The van der Waals surface area contributed by atoms with Crippen molar-refractivity contribution in [2.75, 3.05) is 5.32 Å². The van der Waals surface area contributed by atoms with Gasteiger partial charge in [0.2, 0.25) is 5.91 Å². The van der Waals surface area contributed by atoms with Crippen molar-refractivity contribution >= 4 is 33.8 Å². The number of fused-ring (bicyclic) bond motifs is 1. The molecular weight excluding hydrogens is 354 g/mol. The molecule has 1 saturated carbocycles. The smallest absolute Gasteiger partial charge is 0.227 e. The third kappa shape index (κ3) is 3.04. The quantitative estimate of drug-likeness (QED) is 0.488. The van der Waals surface area contributed by atoms with Crippen LogP contribution < -0.4 is 5.32 Å². The summed E-state index contributed by atoms with van der Waals surface area (Å²) in [7, 11) is 0. The number of benzene rings is 2. The number of amides is 1. The molecule has 27 heavy (non-hydrogen) atoms. The van der Waals surface area contributed by atoms with Crippen molar-refractivity contribution in [3.8, 4) is 21.8 Å². The van der Waals surface area contributed by atoms with Gasteiger partial charge in [0, 0.05) is 44.7 Å². The van der Waals surface area contributed by atoms with Gasteiger partial charge in [-0.05, 0) is 38.0 Å². The van der Waals surface area contributed by atoms with E-state index in [4.69, 9.17) is 4.98 Å². The number of nitrogens with one attached hydrogen (secondary N) is 2. The van der Waals surface area contributed by atoms with Gasteiger partial charge in [-0.1, -0.05) is 30.3 Å². The van der Waals surface area contributed by atoms with Gasteiger partial charge in [0.25, 0.3) is 0 Å². The molecular formula is C22H19N3OS. The third-order valence-electron chi connectivity index (χ3n) is 4.97. The lowest BCUT2D eigenvalue weighted by Gasteiger charge is -2.05. The molecule has 4 nitrogen and oxygen atoms in total. The lowest BCUT2D eigenvalue weighted by Crippen LogP contribution is -2.13. The molecule has 2 aromatic carbocycles. The van der Waals surface area contributed by atoms with Gasteiger partial charge >= 0.3 is 0 Å². The number of carbonyl (C=O) groups is 1. The minimum Gasteiger partial charge on any atom is -0.360 e. The molecule has 0 atom stereocenters. The van der Waals surface area contributed by atoms with E-state index in [2.05, 4.69) is 29.4 Å². The Bertz CT molecular complexity index is 1150. The zero-order valence-corrected chi connectivity index (χ0v) is 15.8. The number of H-pyrrole nitrogens is 1. The van der Waals surface area contributed by atoms with Crippen molar-refractivity contribution in [2.24, 2.45) is 5.92 Å². The first-order valence-electron chi connectivity index (χ1n) is 9.14. The molecule has 0 spiro atoms. The molecule has 1 amide bonds. The van der Waals surface area contributed by atoms with E-state index in [9.17, 15) is 4.79 Å². The summed E-state index contributed by atoms with van der Waals surface area (Å²) in [6.45, 7) is 2.11. The van der Waals surface area contributed by atoms with E-state index in [1.807, 2.05) is 42.6 Å². The number of anilines is 1. The number of thiazole rings is 1. The van der Waals surface area contributed by atoms with E-state index in [-0.39, 0.29) is 11.8 Å². The van der Waals surface area contributed by atoms with Crippen LogP contribution >= 0.6 is 11.3 Å². The van der Waals surface area contributed by atoms with Crippen LogP contribution in [0.3, 0.4) is 0 Å². The average molecular weight is 373 g/mol. The minimum absolute atomic E-state index is 0.127. The first-order valence-corrected chi connectivity index (χ1v) is 9.96. The summed E-state index contributed by atoms with van der Waals surface area (Å²) >= 11 is 1.68. The van der Waals surface area contributed by atoms with Gasteiger partial charge in [0.05, 0.1) is 5.69 Å². The lowest BCUT2D eigenvalue weighted by molar-refractivity contribution is -0.117. The molecule has 0 aliphatic heterocycles. The standard InChI is InChI=1S/C22H19N3OS/c1-13-20(18-12-23-19-8-3-2-7-17(18)19)25-22(27-13)15-5-4-6-16(11-15)24-21(26)14-9-10-14/h2-8,11-12,14,23H,9-10H2,1H3,(H,24,26). The Labute approximate surface area is 161 Å². The number of aryl methyl sites for hydroxylation is 1. The zero-order chi connectivity index (χ0) is 18.4. The summed E-state index contributed by atoms with van der Waals surface area (Å²) in [5, 5.41) is 5.17. The predicted octanol–water partition coefficient (Wildman–Crippen LogP) is 5.62. The fourth-order valence-electron chi connectivity index (χ4n) is 3.36. The SMILES string of the molecule is Cc1sc(-c2cccc(NC(=O)C3CC3)c2)nc1-c1c[nH]c2ccccc12. The molecule has 1 aliphatic carbocycles. The molecule has 0 saturated heterocycles. The predicted molar refractivity (Wildman–Crippen MR) is 111 cm³/mol. The topological polar surface area (TPSA) is 57.8 Å². The van der Waals surface area contributed by atoms with Gasteiger partial charge in [-0.2, -0.15) is 0 Å². The fraction of sp³-hybridized carbons (Fsp3) is 0.182. The molecule has 2 heterocycles. The summed E-state index contributed by atoms with van der Waals surface area (Å²) in [6, 6.07) is 16.2. The fourth-order valence-corrected chi connectivity index (χ4v) is 4.28. The van der Waals surface area contributed by atoms with E-state index in [0.29, 0.717) is 0 Å². The van der Waals surface area contributed by atoms with E-state index in [1.165, 1.54) is 10.3 Å². The summed E-state index contributed by atoms with van der Waals surface area (Å²) in [4.78, 5) is 21.5. The van der Waals surface area contributed by atoms with Crippen LogP contribution in [-0.4, -0.2) is 15.9 Å². The van der Waals surface area contributed by atoms with Crippen molar-refractivity contribution in [3.63, 3.8) is 0 Å². The highest BCUT2D eigenvalue weighted by atomic mass is 32.1. The van der Waals surface area contributed by atoms with E-state index in [0.717, 1.165) is 45.9 Å². The zero-order valence-electron chi connectivity index (χ0n) is 15.0. The van der Waals surface area contributed by atoms with Crippen LogP contribution in [-0.2, 0) is 4.79 Å². The number of hydrogen-bond donors (Lipinski definition) is 2. The first kappa shape index (κ1) is 16.3. The molecule has 2 N–H and O–H groups in total. The molecule has 1 aliphatic rings. The molecule has 0 radical (unpaired) electrons. The van der Waals surface area contributed by atoms with Crippen LogP contribution in [0, 0.1) is 12.8 Å². The van der Waals surface area contributed by atoms with Gasteiger partial charge in [0.15, 0.2) is 0 Å². The van der Waals surface area contributed by atoms with Crippen LogP contribution in [0.25, 0.3) is 32.7 Å². The second kappa shape index (κ2) is 6.35. The van der Waals surface area contributed by atoms with Crippen LogP contribution in [0.1, 0.15) is 17.7 Å². The number of nitrogens with zero attached hydrogens (tertiary/aromatic N) is 1. The highest BCUT2D eigenvalue weighted by molar-refractivity contribution is 7.15. The summed E-state index contributed by atoms with van der Waals surface area (Å²) in [5.74, 6) is 0.325. The number of hydrogen-bond acceptors (Lipinski definition) is 3. The molecule has 4 aromatic rings. The van der Waals surface area contributed by atoms with Gasteiger partial charge in [-0.15, -0.1) is 11.3 Å². The summed E-state index contributed by atoms with van der Waals surface area (Å²) < 4.78 is 0. The Hall–Kier alpha value is -2.92. The van der Waals surface area contributed by atoms with Gasteiger partial charge in [0.1, 0.15) is 5.01 Å². The Kier molecular flexibility index (Phi) is 3.83. The van der Waals surface area contributed by atoms with Crippen molar-refractivity contribution in [2.45, 2.75) is 19.8 Å². The first-order chi connectivity index (χ1) is 13.2. The van der Waals surface area contributed by atoms with Crippen LogP contribution in [0.2, 0.25) is 0 Å².